The van der Waals surface area contributed by atoms with Crippen molar-refractivity contribution in [3.8, 4) is 5.75 Å². The number of amides is 1. The molecule has 0 saturated heterocycles. The number of carbonyl (C=O) groups is 2. The first kappa shape index (κ1) is 20.3. The molecule has 0 unspecified atom stereocenters. The SMILES string of the molecule is COc1ccc(C)c2cc(CCNC(=O)CCC(=O)c3cccnc3)c(=O)[nH]c12. The van der Waals surface area contributed by atoms with Crippen molar-refractivity contribution < 1.29 is 14.3 Å². The molecule has 150 valence electrons. The van der Waals surface area contributed by atoms with E-state index in [9.17, 15) is 14.4 Å². The maximum atomic E-state index is 12.4. The van der Waals surface area contributed by atoms with Crippen LogP contribution in [0.2, 0.25) is 0 Å². The predicted molar refractivity (Wildman–Crippen MR) is 110 cm³/mol. The highest BCUT2D eigenvalue weighted by Crippen LogP contribution is 2.25. The van der Waals surface area contributed by atoms with Crippen LogP contribution < -0.4 is 15.6 Å². The van der Waals surface area contributed by atoms with Crippen molar-refractivity contribution >= 4 is 22.6 Å². The zero-order valence-corrected chi connectivity index (χ0v) is 16.5. The molecule has 0 fully saturated rings. The average Bonchev–Trinajstić information content (AvgIpc) is 2.73. The fraction of sp³-hybridized carbons (Fsp3) is 0.273. The molecule has 3 rings (SSSR count). The van der Waals surface area contributed by atoms with E-state index in [1.54, 1.807) is 25.4 Å². The molecule has 2 N–H and O–H groups in total. The molecule has 2 heterocycles. The van der Waals surface area contributed by atoms with Gasteiger partial charge in [-0.25, -0.2) is 0 Å². The number of ether oxygens (including phenoxy) is 1. The highest BCUT2D eigenvalue weighted by Gasteiger charge is 2.11. The number of aryl methyl sites for hydroxylation is 1. The number of H-pyrrole nitrogens is 1. The smallest absolute Gasteiger partial charge is 0.251 e. The van der Waals surface area contributed by atoms with Gasteiger partial charge in [0, 0.05) is 48.3 Å². The molecular formula is C22H23N3O4. The highest BCUT2D eigenvalue weighted by molar-refractivity contribution is 5.97. The molecule has 7 nitrogen and oxygen atoms in total. The van der Waals surface area contributed by atoms with Gasteiger partial charge in [-0.3, -0.25) is 19.4 Å². The summed E-state index contributed by atoms with van der Waals surface area (Å²) in [6.07, 6.45) is 3.69. The molecule has 7 heteroatoms. The van der Waals surface area contributed by atoms with Gasteiger partial charge < -0.3 is 15.0 Å². The Morgan fingerprint density at radius 2 is 2.03 bits per heavy atom. The second-order valence-electron chi connectivity index (χ2n) is 6.76. The van der Waals surface area contributed by atoms with Gasteiger partial charge in [0.05, 0.1) is 12.6 Å². The molecule has 0 saturated carbocycles. The normalized spacial score (nSPS) is 10.7. The zero-order valence-electron chi connectivity index (χ0n) is 16.5. The molecule has 0 aliphatic heterocycles. The first-order valence-electron chi connectivity index (χ1n) is 9.39. The minimum atomic E-state index is -0.225. The molecule has 1 aromatic carbocycles. The number of nitrogens with one attached hydrogen (secondary N) is 2. The number of ketones is 1. The van der Waals surface area contributed by atoms with Crippen LogP contribution in [0.5, 0.6) is 5.75 Å². The van der Waals surface area contributed by atoms with Gasteiger partial charge in [-0.15, -0.1) is 0 Å². The summed E-state index contributed by atoms with van der Waals surface area (Å²) in [7, 11) is 1.56. The molecular weight excluding hydrogens is 370 g/mol. The predicted octanol–water partition coefficient (Wildman–Crippen LogP) is 2.56. The Morgan fingerprint density at radius 3 is 2.76 bits per heavy atom. The van der Waals surface area contributed by atoms with Crippen molar-refractivity contribution in [2.75, 3.05) is 13.7 Å². The average molecular weight is 393 g/mol. The van der Waals surface area contributed by atoms with E-state index in [2.05, 4.69) is 15.3 Å². The van der Waals surface area contributed by atoms with E-state index >= 15 is 0 Å². The first-order valence-corrected chi connectivity index (χ1v) is 9.39. The van der Waals surface area contributed by atoms with Gasteiger partial charge in [0.1, 0.15) is 5.75 Å². The Labute approximate surface area is 168 Å². The summed E-state index contributed by atoms with van der Waals surface area (Å²) in [5.74, 6) is 0.266. The number of rotatable bonds is 8. The van der Waals surface area contributed by atoms with Crippen LogP contribution in [-0.2, 0) is 11.2 Å². The summed E-state index contributed by atoms with van der Waals surface area (Å²) in [6, 6.07) is 8.95. The van der Waals surface area contributed by atoms with Crippen molar-refractivity contribution in [1.29, 1.82) is 0 Å². The summed E-state index contributed by atoms with van der Waals surface area (Å²) in [5, 5.41) is 3.68. The third kappa shape index (κ3) is 4.87. The number of hydrogen-bond donors (Lipinski definition) is 2. The fourth-order valence-electron chi connectivity index (χ4n) is 3.13. The van der Waals surface area contributed by atoms with Gasteiger partial charge in [0.15, 0.2) is 5.78 Å². The molecule has 2 aromatic heterocycles. The van der Waals surface area contributed by atoms with Gasteiger partial charge >= 0.3 is 0 Å². The van der Waals surface area contributed by atoms with E-state index in [0.717, 1.165) is 10.9 Å². The number of Topliss-reactive ketones (excluding diaryl/α,β-unsaturated/α-hetero) is 1. The molecule has 29 heavy (non-hydrogen) atoms. The monoisotopic (exact) mass is 393 g/mol. The molecule has 0 spiro atoms. The number of aromatic nitrogens is 2. The maximum absolute atomic E-state index is 12.4. The van der Waals surface area contributed by atoms with Gasteiger partial charge in [-0.2, -0.15) is 0 Å². The Morgan fingerprint density at radius 1 is 1.21 bits per heavy atom. The van der Waals surface area contributed by atoms with Gasteiger partial charge in [-0.1, -0.05) is 6.07 Å². The summed E-state index contributed by atoms with van der Waals surface area (Å²) < 4.78 is 5.31. The third-order valence-corrected chi connectivity index (χ3v) is 4.77. The van der Waals surface area contributed by atoms with Gasteiger partial charge in [0.25, 0.3) is 5.56 Å². The molecule has 3 aromatic rings. The zero-order chi connectivity index (χ0) is 20.8. The number of aromatic amines is 1. The van der Waals surface area contributed by atoms with E-state index in [0.29, 0.717) is 35.4 Å². The van der Waals surface area contributed by atoms with E-state index in [-0.39, 0.29) is 30.1 Å². The van der Waals surface area contributed by atoms with Crippen LogP contribution >= 0.6 is 0 Å². The van der Waals surface area contributed by atoms with Crippen LogP contribution in [0.3, 0.4) is 0 Å². The standard InChI is InChI=1S/C22H23N3O4/c1-14-5-7-19(29-2)21-17(14)12-15(22(28)25-21)9-11-24-20(27)8-6-18(26)16-4-3-10-23-13-16/h3-5,7,10,12-13H,6,8-9,11H2,1-2H3,(H,24,27)(H,25,28). The van der Waals surface area contributed by atoms with Gasteiger partial charge in [0.2, 0.25) is 5.91 Å². The Hall–Kier alpha value is -3.48. The lowest BCUT2D eigenvalue weighted by Gasteiger charge is -2.10. The number of methoxy groups -OCH3 is 1. The minimum absolute atomic E-state index is 0.0953. The quantitative estimate of drug-likeness (QED) is 0.573. The lowest BCUT2D eigenvalue weighted by atomic mass is 10.1. The number of fused-ring (bicyclic) bond motifs is 1. The van der Waals surface area contributed by atoms with Crippen LogP contribution in [0.15, 0.2) is 47.5 Å². The molecule has 0 aliphatic rings. The Kier molecular flexibility index (Phi) is 6.39. The summed E-state index contributed by atoms with van der Waals surface area (Å²) in [5.41, 5.74) is 2.56. The van der Waals surface area contributed by atoms with Crippen molar-refractivity contribution in [2.24, 2.45) is 0 Å². The van der Waals surface area contributed by atoms with E-state index < -0.39 is 0 Å². The molecule has 1 amide bonds. The Bertz CT molecular complexity index is 1090. The number of hydrogen-bond acceptors (Lipinski definition) is 5. The Balaban J connectivity index is 1.57. The van der Waals surface area contributed by atoms with Crippen LogP contribution in [0, 0.1) is 6.92 Å². The number of pyridine rings is 2. The van der Waals surface area contributed by atoms with E-state index in [1.165, 1.54) is 6.20 Å². The summed E-state index contributed by atoms with van der Waals surface area (Å²) >= 11 is 0. The first-order chi connectivity index (χ1) is 14.0. The third-order valence-electron chi connectivity index (χ3n) is 4.77. The second kappa shape index (κ2) is 9.14. The molecule has 0 radical (unpaired) electrons. The van der Waals surface area contributed by atoms with Crippen molar-refractivity contribution in [3.63, 3.8) is 0 Å². The summed E-state index contributed by atoms with van der Waals surface area (Å²) in [6.45, 7) is 2.28. The van der Waals surface area contributed by atoms with Gasteiger partial charge in [-0.05, 0) is 43.2 Å². The van der Waals surface area contributed by atoms with Crippen LogP contribution in [0.25, 0.3) is 10.9 Å². The minimum Gasteiger partial charge on any atom is -0.495 e. The fourth-order valence-corrected chi connectivity index (χ4v) is 3.13. The van der Waals surface area contributed by atoms with Crippen LogP contribution in [-0.4, -0.2) is 35.3 Å². The maximum Gasteiger partial charge on any atom is 0.251 e. The number of benzene rings is 1. The van der Waals surface area contributed by atoms with Crippen LogP contribution in [0.1, 0.15) is 34.3 Å². The summed E-state index contributed by atoms with van der Waals surface area (Å²) in [4.78, 5) is 43.2. The highest BCUT2D eigenvalue weighted by atomic mass is 16.5. The van der Waals surface area contributed by atoms with E-state index in [4.69, 9.17) is 4.74 Å². The van der Waals surface area contributed by atoms with Crippen molar-refractivity contribution in [3.05, 3.63) is 69.8 Å². The lowest BCUT2D eigenvalue weighted by Crippen LogP contribution is -2.27. The molecule has 0 atom stereocenters. The second-order valence-corrected chi connectivity index (χ2v) is 6.76. The van der Waals surface area contributed by atoms with E-state index in [1.807, 2.05) is 25.1 Å². The number of carbonyl (C=O) groups excluding carboxylic acids is 2. The van der Waals surface area contributed by atoms with Crippen LogP contribution in [0.4, 0.5) is 0 Å². The topological polar surface area (TPSA) is 101 Å². The lowest BCUT2D eigenvalue weighted by molar-refractivity contribution is -0.121. The molecule has 0 aliphatic carbocycles. The van der Waals surface area contributed by atoms with Crippen molar-refractivity contribution in [2.45, 2.75) is 26.2 Å². The largest absolute Gasteiger partial charge is 0.495 e. The van der Waals surface area contributed by atoms with Crippen molar-refractivity contribution in [1.82, 2.24) is 15.3 Å². The number of nitrogens with zero attached hydrogens (tertiary/aromatic N) is 1. The molecule has 0 bridgehead atoms.